The summed E-state index contributed by atoms with van der Waals surface area (Å²) in [6.07, 6.45) is 51.3. The van der Waals surface area contributed by atoms with E-state index in [4.69, 9.17) is 0 Å². The summed E-state index contributed by atoms with van der Waals surface area (Å²) in [5, 5.41) is 0. The van der Waals surface area contributed by atoms with E-state index in [1.54, 1.807) is 0 Å². The summed E-state index contributed by atoms with van der Waals surface area (Å²) in [7, 11) is 0. The minimum Gasteiger partial charge on any atom is -0.0885 e. The summed E-state index contributed by atoms with van der Waals surface area (Å²) in [6.45, 7) is 61.8. The van der Waals surface area contributed by atoms with Crippen molar-refractivity contribution in [1.82, 2.24) is 0 Å². The standard InChI is InChI=1S/C8H16.C8H14.C8H12.C5H10.C5H8.C5H6.12C2H6/c3*1-3-8(2)6-4-5-7-8;3*1-2-4-5-3-1;12*1-2/h3-7H2,1-2H3;4,6H,3,5,7H2,1-2H3;4-7H,3H2,1-2H3;1-5H2;1-2H,3-5H2;1-4H,5H2;12*1-2H3. The molecule has 0 aromatic rings. The van der Waals surface area contributed by atoms with Crippen LogP contribution in [-0.4, -0.2) is 0 Å². The summed E-state index contributed by atoms with van der Waals surface area (Å²) >= 11 is 0. The van der Waals surface area contributed by atoms with E-state index in [1.165, 1.54) is 109 Å². The fraction of sp³-hybridized carbons (Fsp3) is 0.810. The Labute approximate surface area is 410 Å². The van der Waals surface area contributed by atoms with Crippen LogP contribution in [0.25, 0.3) is 0 Å². The van der Waals surface area contributed by atoms with E-state index in [9.17, 15) is 0 Å². The summed E-state index contributed by atoms with van der Waals surface area (Å²) in [6, 6.07) is 0. The van der Waals surface area contributed by atoms with E-state index in [-0.39, 0.29) is 0 Å². The third-order valence-electron chi connectivity index (χ3n) is 9.51. The van der Waals surface area contributed by atoms with Crippen LogP contribution in [0.1, 0.15) is 323 Å². The molecule has 0 spiro atoms. The third-order valence-corrected chi connectivity index (χ3v) is 9.51. The van der Waals surface area contributed by atoms with Crippen molar-refractivity contribution in [3.8, 4) is 0 Å². The first-order valence-electron chi connectivity index (χ1n) is 28.8. The summed E-state index contributed by atoms with van der Waals surface area (Å²) < 4.78 is 0. The Morgan fingerprint density at radius 3 is 0.778 bits per heavy atom. The van der Waals surface area contributed by atoms with Gasteiger partial charge in [0, 0.05) is 5.41 Å². The number of rotatable bonds is 3. The highest BCUT2D eigenvalue weighted by Crippen LogP contribution is 2.39. The number of hydrogen-bond acceptors (Lipinski definition) is 0. The zero-order valence-corrected chi connectivity index (χ0v) is 51.2. The highest BCUT2D eigenvalue weighted by Gasteiger charge is 2.25. The van der Waals surface area contributed by atoms with Crippen LogP contribution in [0, 0.1) is 16.2 Å². The Morgan fingerprint density at radius 1 is 0.302 bits per heavy atom. The van der Waals surface area contributed by atoms with E-state index >= 15 is 0 Å². The van der Waals surface area contributed by atoms with Crippen molar-refractivity contribution < 1.29 is 0 Å². The lowest BCUT2D eigenvalue weighted by atomic mass is 9.86. The molecule has 6 aliphatic rings. The van der Waals surface area contributed by atoms with Crippen molar-refractivity contribution in [3.05, 3.63) is 72.9 Å². The Balaban J connectivity index is -0.0000000455. The maximum Gasteiger partial charge on any atom is 0.00363 e. The summed E-state index contributed by atoms with van der Waals surface area (Å²) in [4.78, 5) is 0. The minimum absolute atomic E-state index is 0.375. The van der Waals surface area contributed by atoms with E-state index in [2.05, 4.69) is 114 Å². The molecule has 0 radical (unpaired) electrons. The first-order chi connectivity index (χ1) is 30.8. The van der Waals surface area contributed by atoms with E-state index in [0.717, 1.165) is 11.8 Å². The molecule has 6 aliphatic carbocycles. The van der Waals surface area contributed by atoms with E-state index in [0.29, 0.717) is 10.8 Å². The predicted molar refractivity (Wildman–Crippen MR) is 315 cm³/mol. The average molecular weight is 896 g/mol. The molecular formula is C63H138. The molecule has 0 aromatic carbocycles. The lowest BCUT2D eigenvalue weighted by Gasteiger charge is -2.19. The van der Waals surface area contributed by atoms with Gasteiger partial charge < -0.3 is 0 Å². The molecule has 0 saturated heterocycles. The number of allylic oxidation sites excluding steroid dienone is 12. The van der Waals surface area contributed by atoms with Gasteiger partial charge in [0.05, 0.1) is 0 Å². The van der Waals surface area contributed by atoms with Crippen molar-refractivity contribution in [2.75, 3.05) is 0 Å². The largest absolute Gasteiger partial charge is 0.0885 e. The second kappa shape index (κ2) is 99.0. The van der Waals surface area contributed by atoms with Crippen LogP contribution in [0.3, 0.4) is 0 Å². The Bertz CT molecular complexity index is 724. The molecule has 0 amide bonds. The molecule has 6 rings (SSSR count). The second-order valence-corrected chi connectivity index (χ2v) is 13.2. The van der Waals surface area contributed by atoms with Gasteiger partial charge >= 0.3 is 0 Å². The first kappa shape index (κ1) is 91.8. The van der Waals surface area contributed by atoms with Crippen LogP contribution in [0.2, 0.25) is 0 Å². The van der Waals surface area contributed by atoms with Crippen molar-refractivity contribution in [2.45, 2.75) is 323 Å². The molecule has 63 heavy (non-hydrogen) atoms. The van der Waals surface area contributed by atoms with Crippen molar-refractivity contribution in [2.24, 2.45) is 16.2 Å². The maximum absolute atomic E-state index is 2.42. The molecule has 0 aromatic heterocycles. The SMILES string of the molecule is C1=CCC=C1.C1=CCCC1.C1CCCC1.CC.CC.CC.CC.CC.CC.CC.CC.CC.CC.CC.CC.CCC1(C)C=CC=C1.CCC1(C)C=CCC1.CCC1(C)CCCC1. The fourth-order valence-electron chi connectivity index (χ4n) is 5.45. The molecule has 0 bridgehead atoms. The normalized spacial score (nSPS) is 16.9. The highest BCUT2D eigenvalue weighted by molar-refractivity contribution is 5.23. The zero-order chi connectivity index (χ0) is 52.7. The highest BCUT2D eigenvalue weighted by atomic mass is 14.3. The topological polar surface area (TPSA) is 0 Å². The van der Waals surface area contributed by atoms with Gasteiger partial charge in [-0.15, -0.1) is 0 Å². The molecule has 0 heteroatoms. The minimum atomic E-state index is 0.375. The lowest BCUT2D eigenvalue weighted by Crippen LogP contribution is -2.07. The van der Waals surface area contributed by atoms with Crippen LogP contribution in [0.15, 0.2) is 72.9 Å². The van der Waals surface area contributed by atoms with Crippen molar-refractivity contribution in [3.63, 3.8) is 0 Å². The molecule has 0 N–H and O–H groups in total. The van der Waals surface area contributed by atoms with E-state index in [1.807, 2.05) is 166 Å². The molecule has 1 atom stereocenters. The van der Waals surface area contributed by atoms with Gasteiger partial charge in [-0.3, -0.25) is 0 Å². The average Bonchev–Trinajstić information content (AvgIpc) is 4.27. The quantitative estimate of drug-likeness (QED) is 0.248. The van der Waals surface area contributed by atoms with Crippen molar-refractivity contribution >= 4 is 0 Å². The molecule has 2 saturated carbocycles. The monoisotopic (exact) mass is 895 g/mol. The fourth-order valence-corrected chi connectivity index (χ4v) is 5.45. The zero-order valence-electron chi connectivity index (χ0n) is 51.2. The molecule has 0 nitrogen and oxygen atoms in total. The lowest BCUT2D eigenvalue weighted by molar-refractivity contribution is 0.323. The second-order valence-electron chi connectivity index (χ2n) is 13.2. The smallest absolute Gasteiger partial charge is 0.00363 e. The van der Waals surface area contributed by atoms with E-state index < -0.39 is 0 Å². The van der Waals surface area contributed by atoms with Gasteiger partial charge in [-0.25, -0.2) is 0 Å². The molecule has 390 valence electrons. The van der Waals surface area contributed by atoms with Gasteiger partial charge in [-0.2, -0.15) is 0 Å². The van der Waals surface area contributed by atoms with Gasteiger partial charge in [-0.05, 0) is 75.0 Å². The van der Waals surface area contributed by atoms with Gasteiger partial charge in [0.2, 0.25) is 0 Å². The Morgan fingerprint density at radius 2 is 0.635 bits per heavy atom. The Hall–Kier alpha value is -1.56. The number of hydrogen-bond donors (Lipinski definition) is 0. The maximum atomic E-state index is 2.42. The van der Waals surface area contributed by atoms with Crippen molar-refractivity contribution in [1.29, 1.82) is 0 Å². The Kier molecular flexibility index (Phi) is 144. The first-order valence-corrected chi connectivity index (χ1v) is 28.8. The van der Waals surface area contributed by atoms with Gasteiger partial charge in [-0.1, -0.05) is 332 Å². The summed E-state index contributed by atoms with van der Waals surface area (Å²) in [5.41, 5.74) is 1.67. The van der Waals surface area contributed by atoms with Gasteiger partial charge in [0.25, 0.3) is 0 Å². The summed E-state index contributed by atoms with van der Waals surface area (Å²) in [5.74, 6) is 0. The molecule has 0 aliphatic heterocycles. The van der Waals surface area contributed by atoms with Gasteiger partial charge in [0.15, 0.2) is 0 Å². The van der Waals surface area contributed by atoms with Crippen LogP contribution >= 0.6 is 0 Å². The van der Waals surface area contributed by atoms with Gasteiger partial charge in [0.1, 0.15) is 0 Å². The van der Waals surface area contributed by atoms with Crippen LogP contribution in [0.4, 0.5) is 0 Å². The molecule has 1 unspecified atom stereocenters. The van der Waals surface area contributed by atoms with Crippen LogP contribution in [0.5, 0.6) is 0 Å². The predicted octanol–water partition coefficient (Wildman–Crippen LogP) is 25.8. The van der Waals surface area contributed by atoms with Crippen LogP contribution < -0.4 is 0 Å². The third kappa shape index (κ3) is 84.4. The molecule has 2 fully saturated rings. The molecule has 0 heterocycles. The molecular weight excluding hydrogens is 757 g/mol. The van der Waals surface area contributed by atoms with Crippen LogP contribution in [-0.2, 0) is 0 Å².